The summed E-state index contributed by atoms with van der Waals surface area (Å²) in [5.41, 5.74) is 0. The Labute approximate surface area is 404 Å². The normalized spacial score (nSPS) is 33.2. The van der Waals surface area contributed by atoms with Crippen molar-refractivity contribution in [3.05, 3.63) is 12.2 Å². The van der Waals surface area contributed by atoms with Gasteiger partial charge in [-0.25, -0.2) is 0 Å². The molecule has 17 atom stereocenters. The number of unbranched alkanes of at least 4 members (excludes halogenated alkanes) is 18. The third-order valence-electron chi connectivity index (χ3n) is 13.3. The van der Waals surface area contributed by atoms with Crippen LogP contribution in [-0.4, -0.2) is 193 Å². The fourth-order valence-electron chi connectivity index (χ4n) is 8.95. The first-order valence-corrected chi connectivity index (χ1v) is 25.9. The van der Waals surface area contributed by atoms with Crippen LogP contribution in [0.1, 0.15) is 162 Å². The van der Waals surface area contributed by atoms with Gasteiger partial charge in [0.05, 0.1) is 38.6 Å². The molecule has 19 nitrogen and oxygen atoms in total. The second-order valence-electron chi connectivity index (χ2n) is 19.0. The molecule has 400 valence electrons. The van der Waals surface area contributed by atoms with E-state index in [4.69, 9.17) is 28.4 Å². The summed E-state index contributed by atoms with van der Waals surface area (Å²) in [4.78, 5) is 13.1. The predicted octanol–water partition coefficient (Wildman–Crippen LogP) is 1.87. The van der Waals surface area contributed by atoms with E-state index in [2.05, 4.69) is 31.3 Å². The van der Waals surface area contributed by atoms with Crippen molar-refractivity contribution in [2.45, 2.75) is 266 Å². The molecular weight excluding hydrogens is 891 g/mol. The van der Waals surface area contributed by atoms with Crippen LogP contribution in [0.25, 0.3) is 0 Å². The molecule has 0 spiro atoms. The van der Waals surface area contributed by atoms with Crippen molar-refractivity contribution >= 4 is 5.91 Å². The molecular formula is C49H91NO18. The Hall–Kier alpha value is -1.47. The average Bonchev–Trinajstić information content (AvgIpc) is 3.33. The summed E-state index contributed by atoms with van der Waals surface area (Å²) in [6, 6.07) is -0.881. The molecule has 3 fully saturated rings. The number of hydrogen-bond acceptors (Lipinski definition) is 18. The molecule has 1 amide bonds. The van der Waals surface area contributed by atoms with Gasteiger partial charge in [-0.05, 0) is 38.5 Å². The highest BCUT2D eigenvalue weighted by atomic mass is 16.8. The van der Waals surface area contributed by atoms with Crippen LogP contribution in [0.15, 0.2) is 12.2 Å². The van der Waals surface area contributed by atoms with Gasteiger partial charge in [-0.15, -0.1) is 0 Å². The first kappa shape index (κ1) is 60.8. The van der Waals surface area contributed by atoms with Crippen molar-refractivity contribution in [3.8, 4) is 0 Å². The van der Waals surface area contributed by atoms with Crippen molar-refractivity contribution in [1.29, 1.82) is 0 Å². The third-order valence-corrected chi connectivity index (χ3v) is 13.3. The first-order valence-electron chi connectivity index (χ1n) is 25.9. The largest absolute Gasteiger partial charge is 0.394 e. The number of nitrogens with one attached hydrogen (secondary N) is 1. The van der Waals surface area contributed by atoms with E-state index in [1.54, 1.807) is 0 Å². The molecule has 17 unspecified atom stereocenters. The quantitative estimate of drug-likeness (QED) is 0.0315. The van der Waals surface area contributed by atoms with Crippen LogP contribution in [0.3, 0.4) is 0 Å². The lowest BCUT2D eigenvalue weighted by molar-refractivity contribution is -0.379. The SMILES string of the molecule is CCCCCCCCC/C=C\CCCCCCCCCC(=O)NC(COC1OC(CO)C(OC2OC(CO)C(OC3OC(CO)C(O)C(O)C3O)C(O)C2O)C(O)C1O)C(O)CCCCCCC. The Kier molecular flexibility index (Phi) is 31.1. The summed E-state index contributed by atoms with van der Waals surface area (Å²) in [6.45, 7) is 1.65. The van der Waals surface area contributed by atoms with Crippen LogP contribution in [0, 0.1) is 0 Å². The minimum atomic E-state index is -1.97. The smallest absolute Gasteiger partial charge is 0.220 e. The molecule has 0 aromatic carbocycles. The van der Waals surface area contributed by atoms with Crippen LogP contribution in [0.4, 0.5) is 0 Å². The van der Waals surface area contributed by atoms with Gasteiger partial charge in [-0.3, -0.25) is 4.79 Å². The van der Waals surface area contributed by atoms with Crippen molar-refractivity contribution in [1.82, 2.24) is 5.32 Å². The van der Waals surface area contributed by atoms with Crippen molar-refractivity contribution in [3.63, 3.8) is 0 Å². The predicted molar refractivity (Wildman–Crippen MR) is 250 cm³/mol. The summed E-state index contributed by atoms with van der Waals surface area (Å²) >= 11 is 0. The van der Waals surface area contributed by atoms with Crippen molar-refractivity contribution in [2.24, 2.45) is 0 Å². The van der Waals surface area contributed by atoms with E-state index in [1.165, 1.54) is 64.2 Å². The van der Waals surface area contributed by atoms with Gasteiger partial charge >= 0.3 is 0 Å². The minimum Gasteiger partial charge on any atom is -0.394 e. The number of aliphatic hydroxyl groups excluding tert-OH is 11. The average molecular weight is 982 g/mol. The molecule has 0 bridgehead atoms. The van der Waals surface area contributed by atoms with Gasteiger partial charge in [0.15, 0.2) is 18.9 Å². The molecule has 3 heterocycles. The van der Waals surface area contributed by atoms with E-state index in [0.717, 1.165) is 64.2 Å². The molecule has 0 aliphatic carbocycles. The Morgan fingerprint density at radius 3 is 1.43 bits per heavy atom. The fraction of sp³-hybridized carbons (Fsp3) is 0.939. The van der Waals surface area contributed by atoms with Gasteiger partial charge in [0.1, 0.15) is 73.2 Å². The van der Waals surface area contributed by atoms with Gasteiger partial charge in [-0.1, -0.05) is 129 Å². The first-order chi connectivity index (χ1) is 32.8. The number of carbonyl (C=O) groups excluding carboxylic acids is 1. The van der Waals surface area contributed by atoms with Gasteiger partial charge in [0.2, 0.25) is 5.91 Å². The van der Waals surface area contributed by atoms with Gasteiger partial charge in [0, 0.05) is 6.42 Å². The topological polar surface area (TPSA) is 307 Å². The molecule has 3 saturated heterocycles. The second kappa shape index (κ2) is 34.8. The maximum Gasteiger partial charge on any atom is 0.220 e. The summed E-state index contributed by atoms with van der Waals surface area (Å²) in [5, 5.41) is 119. The van der Waals surface area contributed by atoms with E-state index in [9.17, 15) is 61.0 Å². The van der Waals surface area contributed by atoms with Gasteiger partial charge in [-0.2, -0.15) is 0 Å². The lowest BCUT2D eigenvalue weighted by Crippen LogP contribution is -2.66. The molecule has 3 aliphatic rings. The standard InChI is InChI=1S/C49H91NO18/c1-3-5-7-9-10-11-12-13-14-15-16-17-18-19-20-21-23-25-27-37(55)50-32(33(54)26-24-22-8-6-4-2)31-63-47-43(61)40(58)45(35(29-52)65-47)68-49-44(62)41(59)46(36(30-53)66-49)67-48-42(60)39(57)38(56)34(28-51)64-48/h14-15,32-36,38-49,51-54,56-62H,3-13,16-31H2,1-2H3,(H,50,55)/b15-14-. The minimum absolute atomic E-state index is 0.256. The lowest BCUT2D eigenvalue weighted by Gasteiger charge is -2.48. The Morgan fingerprint density at radius 1 is 0.515 bits per heavy atom. The highest BCUT2D eigenvalue weighted by Gasteiger charge is 2.53. The van der Waals surface area contributed by atoms with Crippen LogP contribution in [0.2, 0.25) is 0 Å². The maximum absolute atomic E-state index is 13.1. The van der Waals surface area contributed by atoms with Crippen LogP contribution < -0.4 is 5.32 Å². The van der Waals surface area contributed by atoms with Crippen LogP contribution in [-0.2, 0) is 33.2 Å². The molecule has 3 rings (SSSR count). The number of ether oxygens (including phenoxy) is 6. The van der Waals surface area contributed by atoms with Crippen LogP contribution >= 0.6 is 0 Å². The summed E-state index contributed by atoms with van der Waals surface area (Å²) in [6.07, 6.45) is 2.43. The summed E-state index contributed by atoms with van der Waals surface area (Å²) in [7, 11) is 0. The van der Waals surface area contributed by atoms with Gasteiger partial charge in [0.25, 0.3) is 0 Å². The molecule has 68 heavy (non-hydrogen) atoms. The number of hydrogen-bond donors (Lipinski definition) is 12. The Balaban J connectivity index is 1.47. The molecule has 19 heteroatoms. The number of allylic oxidation sites excluding steroid dienone is 2. The molecule has 0 aromatic rings. The van der Waals surface area contributed by atoms with E-state index in [1.807, 2.05) is 0 Å². The molecule has 0 saturated carbocycles. The third kappa shape index (κ3) is 20.6. The van der Waals surface area contributed by atoms with E-state index >= 15 is 0 Å². The highest BCUT2D eigenvalue weighted by Crippen LogP contribution is 2.33. The molecule has 12 N–H and O–H groups in total. The number of aliphatic hydroxyl groups is 11. The van der Waals surface area contributed by atoms with E-state index in [-0.39, 0.29) is 18.9 Å². The zero-order valence-electron chi connectivity index (χ0n) is 40.8. The van der Waals surface area contributed by atoms with E-state index < -0.39 is 124 Å². The number of rotatable bonds is 36. The lowest BCUT2D eigenvalue weighted by atomic mass is 9.96. The maximum atomic E-state index is 13.1. The van der Waals surface area contributed by atoms with Gasteiger partial charge < -0.3 is 89.9 Å². The zero-order chi connectivity index (χ0) is 49.8. The molecule has 0 aromatic heterocycles. The van der Waals surface area contributed by atoms with Crippen molar-refractivity contribution in [2.75, 3.05) is 26.4 Å². The molecule has 0 radical (unpaired) electrons. The zero-order valence-corrected chi connectivity index (χ0v) is 40.8. The van der Waals surface area contributed by atoms with Crippen molar-refractivity contribution < 1.29 is 89.4 Å². The highest BCUT2D eigenvalue weighted by molar-refractivity contribution is 5.76. The number of amides is 1. The van der Waals surface area contributed by atoms with E-state index in [0.29, 0.717) is 12.8 Å². The summed E-state index contributed by atoms with van der Waals surface area (Å²) < 4.78 is 34.0. The molecule has 3 aliphatic heterocycles. The fourth-order valence-corrected chi connectivity index (χ4v) is 8.95. The Bertz CT molecular complexity index is 1310. The monoisotopic (exact) mass is 982 g/mol. The van der Waals surface area contributed by atoms with Crippen LogP contribution in [0.5, 0.6) is 0 Å². The number of carbonyl (C=O) groups is 1. The second-order valence-corrected chi connectivity index (χ2v) is 19.0. The summed E-state index contributed by atoms with van der Waals surface area (Å²) in [5.74, 6) is -0.256. The Morgan fingerprint density at radius 2 is 0.926 bits per heavy atom.